The van der Waals surface area contributed by atoms with Gasteiger partial charge in [-0.2, -0.15) is 0 Å². The van der Waals surface area contributed by atoms with Crippen LogP contribution in [0.5, 0.6) is 0 Å². The minimum atomic E-state index is 0.280. The van der Waals surface area contributed by atoms with E-state index >= 15 is 0 Å². The maximum absolute atomic E-state index is 4.23. The molecule has 1 aromatic rings. The summed E-state index contributed by atoms with van der Waals surface area (Å²) in [6, 6.07) is 9.46. The van der Waals surface area contributed by atoms with E-state index in [0.29, 0.717) is 11.8 Å². The molecular formula is C24H36. The summed E-state index contributed by atoms with van der Waals surface area (Å²) in [6.45, 7) is 13.5. The van der Waals surface area contributed by atoms with Gasteiger partial charge < -0.3 is 0 Å². The van der Waals surface area contributed by atoms with Gasteiger partial charge in [-0.1, -0.05) is 95.0 Å². The van der Waals surface area contributed by atoms with Crippen LogP contribution in [-0.2, 0) is 5.41 Å². The molecule has 1 aliphatic carbocycles. The van der Waals surface area contributed by atoms with E-state index in [4.69, 9.17) is 0 Å². The highest BCUT2D eigenvalue weighted by atomic mass is 14.3. The molecule has 0 nitrogen and oxygen atoms in total. The Morgan fingerprint density at radius 2 is 1.83 bits per heavy atom. The molecule has 1 aromatic carbocycles. The van der Waals surface area contributed by atoms with Crippen LogP contribution >= 0.6 is 0 Å². The van der Waals surface area contributed by atoms with Gasteiger partial charge >= 0.3 is 0 Å². The lowest BCUT2D eigenvalue weighted by Gasteiger charge is -2.30. The van der Waals surface area contributed by atoms with Gasteiger partial charge in [-0.25, -0.2) is 0 Å². The van der Waals surface area contributed by atoms with Crippen molar-refractivity contribution >= 4 is 0 Å². The number of rotatable bonds is 8. The molecule has 0 radical (unpaired) electrons. The second-order valence-corrected chi connectivity index (χ2v) is 8.30. The van der Waals surface area contributed by atoms with Crippen molar-refractivity contribution in [1.82, 2.24) is 0 Å². The SMILES string of the molecule is C=C(C)C1CCC=CC1c1ccc(C(C)(C)CCCCCC)cc1. The molecule has 0 heterocycles. The molecule has 0 spiro atoms. The van der Waals surface area contributed by atoms with E-state index in [2.05, 4.69) is 70.7 Å². The maximum Gasteiger partial charge on any atom is 0.00833 e. The number of hydrogen-bond donors (Lipinski definition) is 0. The highest BCUT2D eigenvalue weighted by Gasteiger charge is 2.25. The third-order valence-corrected chi connectivity index (χ3v) is 5.79. The zero-order valence-electron chi connectivity index (χ0n) is 16.3. The first kappa shape index (κ1) is 19.0. The van der Waals surface area contributed by atoms with Crippen molar-refractivity contribution in [1.29, 1.82) is 0 Å². The van der Waals surface area contributed by atoms with Gasteiger partial charge in [0.15, 0.2) is 0 Å². The lowest BCUT2D eigenvalue weighted by Crippen LogP contribution is -2.18. The third-order valence-electron chi connectivity index (χ3n) is 5.79. The molecule has 0 N–H and O–H groups in total. The summed E-state index contributed by atoms with van der Waals surface area (Å²) in [5.41, 5.74) is 4.53. The fourth-order valence-electron chi connectivity index (χ4n) is 4.02. The van der Waals surface area contributed by atoms with E-state index in [1.807, 2.05) is 0 Å². The van der Waals surface area contributed by atoms with Gasteiger partial charge in [0, 0.05) is 5.92 Å². The van der Waals surface area contributed by atoms with Gasteiger partial charge in [-0.15, -0.1) is 0 Å². The standard InChI is InChI=1S/C24H36/c1-6-7-8-11-18-24(4,5)21-16-14-20(15-17-21)23-13-10-9-12-22(23)19(2)3/h10,13-17,22-23H,2,6-9,11-12,18H2,1,3-5H3. The van der Waals surface area contributed by atoms with Gasteiger partial charge in [0.05, 0.1) is 0 Å². The van der Waals surface area contributed by atoms with Crippen molar-refractivity contribution in [3.05, 3.63) is 59.7 Å². The third kappa shape index (κ3) is 4.85. The Kier molecular flexibility index (Phi) is 6.90. The summed E-state index contributed by atoms with van der Waals surface area (Å²) in [5.74, 6) is 1.11. The minimum Gasteiger partial charge on any atom is -0.0998 e. The Morgan fingerprint density at radius 3 is 2.46 bits per heavy atom. The van der Waals surface area contributed by atoms with Gasteiger partial charge in [0.2, 0.25) is 0 Å². The van der Waals surface area contributed by atoms with Crippen LogP contribution in [0.1, 0.15) is 89.7 Å². The van der Waals surface area contributed by atoms with Crippen LogP contribution in [0.3, 0.4) is 0 Å². The van der Waals surface area contributed by atoms with Crippen molar-refractivity contribution in [2.24, 2.45) is 5.92 Å². The van der Waals surface area contributed by atoms with Crippen LogP contribution in [0, 0.1) is 5.92 Å². The molecule has 2 rings (SSSR count). The molecule has 132 valence electrons. The molecule has 1 aliphatic rings. The van der Waals surface area contributed by atoms with Gasteiger partial charge in [-0.05, 0) is 48.6 Å². The topological polar surface area (TPSA) is 0 Å². The van der Waals surface area contributed by atoms with Crippen molar-refractivity contribution < 1.29 is 0 Å². The zero-order chi connectivity index (χ0) is 17.6. The Morgan fingerprint density at radius 1 is 1.12 bits per heavy atom. The summed E-state index contributed by atoms with van der Waals surface area (Å²) in [4.78, 5) is 0. The van der Waals surface area contributed by atoms with Crippen molar-refractivity contribution in [3.63, 3.8) is 0 Å². The minimum absolute atomic E-state index is 0.280. The fourth-order valence-corrected chi connectivity index (χ4v) is 4.02. The average Bonchev–Trinajstić information content (AvgIpc) is 2.59. The molecule has 0 fully saturated rings. The predicted octanol–water partition coefficient (Wildman–Crippen LogP) is 7.56. The first-order chi connectivity index (χ1) is 11.5. The lowest BCUT2D eigenvalue weighted by molar-refractivity contribution is 0.445. The van der Waals surface area contributed by atoms with Gasteiger partial charge in [0.25, 0.3) is 0 Å². The second-order valence-electron chi connectivity index (χ2n) is 8.30. The Labute approximate surface area is 150 Å². The molecule has 24 heavy (non-hydrogen) atoms. The number of benzene rings is 1. The van der Waals surface area contributed by atoms with E-state index in [1.54, 1.807) is 0 Å². The normalized spacial score (nSPS) is 21.0. The molecule has 2 unspecified atom stereocenters. The average molecular weight is 325 g/mol. The quantitative estimate of drug-likeness (QED) is 0.342. The van der Waals surface area contributed by atoms with Gasteiger partial charge in [0.1, 0.15) is 0 Å². The Balaban J connectivity index is 2.07. The summed E-state index contributed by atoms with van der Waals surface area (Å²) in [6.07, 6.45) is 13.8. The second kappa shape index (κ2) is 8.70. The van der Waals surface area contributed by atoms with Crippen LogP contribution in [0.25, 0.3) is 0 Å². The van der Waals surface area contributed by atoms with Crippen molar-refractivity contribution in [3.8, 4) is 0 Å². The maximum atomic E-state index is 4.23. The molecule has 0 heteroatoms. The zero-order valence-corrected chi connectivity index (χ0v) is 16.3. The fraction of sp³-hybridized carbons (Fsp3) is 0.583. The smallest absolute Gasteiger partial charge is 0.00833 e. The van der Waals surface area contributed by atoms with E-state index < -0.39 is 0 Å². The summed E-state index contributed by atoms with van der Waals surface area (Å²) in [7, 11) is 0. The lowest BCUT2D eigenvalue weighted by atomic mass is 9.75. The number of allylic oxidation sites excluding steroid dienone is 3. The predicted molar refractivity (Wildman–Crippen MR) is 108 cm³/mol. The van der Waals surface area contributed by atoms with Crippen LogP contribution in [0.4, 0.5) is 0 Å². The molecule has 0 aliphatic heterocycles. The largest absolute Gasteiger partial charge is 0.0998 e. The summed E-state index contributed by atoms with van der Waals surface area (Å²) >= 11 is 0. The van der Waals surface area contributed by atoms with Crippen LogP contribution in [-0.4, -0.2) is 0 Å². The molecule has 0 aromatic heterocycles. The highest BCUT2D eigenvalue weighted by molar-refractivity contribution is 5.34. The molecular weight excluding hydrogens is 288 g/mol. The van der Waals surface area contributed by atoms with E-state index in [-0.39, 0.29) is 5.41 Å². The first-order valence-electron chi connectivity index (χ1n) is 9.88. The number of hydrogen-bond acceptors (Lipinski definition) is 0. The molecule has 0 amide bonds. The van der Waals surface area contributed by atoms with Crippen molar-refractivity contribution in [2.45, 2.75) is 84.0 Å². The molecule has 2 atom stereocenters. The molecule has 0 saturated carbocycles. The monoisotopic (exact) mass is 324 g/mol. The molecule has 0 bridgehead atoms. The van der Waals surface area contributed by atoms with E-state index in [0.717, 1.165) is 0 Å². The summed E-state index contributed by atoms with van der Waals surface area (Å²) < 4.78 is 0. The van der Waals surface area contributed by atoms with Gasteiger partial charge in [-0.3, -0.25) is 0 Å². The Hall–Kier alpha value is -1.30. The summed E-state index contributed by atoms with van der Waals surface area (Å²) in [5, 5.41) is 0. The first-order valence-corrected chi connectivity index (χ1v) is 9.88. The van der Waals surface area contributed by atoms with Crippen LogP contribution in [0.2, 0.25) is 0 Å². The van der Waals surface area contributed by atoms with E-state index in [1.165, 1.54) is 61.6 Å². The van der Waals surface area contributed by atoms with Crippen LogP contribution < -0.4 is 0 Å². The van der Waals surface area contributed by atoms with Crippen LogP contribution in [0.15, 0.2) is 48.6 Å². The van der Waals surface area contributed by atoms with Crippen molar-refractivity contribution in [2.75, 3.05) is 0 Å². The Bertz CT molecular complexity index is 544. The molecule has 0 saturated heterocycles. The number of unbranched alkanes of at least 4 members (excludes halogenated alkanes) is 3. The highest BCUT2D eigenvalue weighted by Crippen LogP contribution is 2.38. The van der Waals surface area contributed by atoms with E-state index in [9.17, 15) is 0 Å².